The van der Waals surface area contributed by atoms with Crippen LogP contribution in [0.4, 0.5) is 0 Å². The average Bonchev–Trinajstić information content (AvgIpc) is 3.27. The highest BCUT2D eigenvalue weighted by Gasteiger charge is 2.24. The second-order valence-corrected chi connectivity index (χ2v) is 6.83. The van der Waals surface area contributed by atoms with Crippen LogP contribution < -0.4 is 10.1 Å². The monoisotopic (exact) mass is 372 g/mol. The number of hydrogen-bond acceptors (Lipinski definition) is 3. The molecule has 1 saturated heterocycles. The predicted molar refractivity (Wildman–Crippen MR) is 105 cm³/mol. The molecule has 2 heterocycles. The summed E-state index contributed by atoms with van der Waals surface area (Å²) in [6.07, 6.45) is 2.66. The number of likely N-dealkylation sites (tertiary alicyclic amines) is 1. The topological polar surface area (TPSA) is 41.6 Å². The van der Waals surface area contributed by atoms with Gasteiger partial charge in [0.1, 0.15) is 5.75 Å². The van der Waals surface area contributed by atoms with Gasteiger partial charge in [-0.05, 0) is 29.2 Å². The molecule has 1 N–H and O–H groups in total. The van der Waals surface area contributed by atoms with Gasteiger partial charge in [0.2, 0.25) is 5.91 Å². The maximum Gasteiger partial charge on any atom is 0.222 e. The molecule has 0 aromatic heterocycles. The van der Waals surface area contributed by atoms with E-state index in [1.165, 1.54) is 16.7 Å². The first-order valence-electron chi connectivity index (χ1n) is 9.10. The molecule has 5 heteroatoms. The summed E-state index contributed by atoms with van der Waals surface area (Å²) in [6, 6.07) is 17.0. The van der Waals surface area contributed by atoms with E-state index in [0.717, 1.165) is 44.8 Å². The van der Waals surface area contributed by atoms with Crippen LogP contribution in [0, 0.1) is 0 Å². The van der Waals surface area contributed by atoms with Crippen LogP contribution >= 0.6 is 12.4 Å². The maximum atomic E-state index is 12.0. The van der Waals surface area contributed by atoms with Crippen molar-refractivity contribution in [2.24, 2.45) is 0 Å². The van der Waals surface area contributed by atoms with Crippen LogP contribution in [0.3, 0.4) is 0 Å². The summed E-state index contributed by atoms with van der Waals surface area (Å²) in [6.45, 7) is 3.18. The third kappa shape index (κ3) is 4.19. The van der Waals surface area contributed by atoms with Crippen molar-refractivity contribution in [3.8, 4) is 5.75 Å². The van der Waals surface area contributed by atoms with E-state index in [1.54, 1.807) is 0 Å². The normalized spacial score (nSPS) is 16.8. The zero-order valence-electron chi connectivity index (χ0n) is 14.8. The Morgan fingerprint density at radius 1 is 1.12 bits per heavy atom. The number of hydrogen-bond donors (Lipinski definition) is 1. The largest absolute Gasteiger partial charge is 0.493 e. The molecule has 2 aromatic rings. The van der Waals surface area contributed by atoms with E-state index < -0.39 is 0 Å². The fraction of sp³-hybridized carbons (Fsp3) is 0.381. The molecule has 2 aliphatic heterocycles. The van der Waals surface area contributed by atoms with Crippen LogP contribution in [0.25, 0.3) is 0 Å². The van der Waals surface area contributed by atoms with Gasteiger partial charge in [-0.25, -0.2) is 0 Å². The van der Waals surface area contributed by atoms with Gasteiger partial charge in [0.05, 0.1) is 12.6 Å². The van der Waals surface area contributed by atoms with Crippen LogP contribution in [0.2, 0.25) is 0 Å². The van der Waals surface area contributed by atoms with Crippen molar-refractivity contribution in [2.45, 2.75) is 31.8 Å². The Morgan fingerprint density at radius 3 is 2.73 bits per heavy atom. The minimum atomic E-state index is 0. The number of amides is 1. The van der Waals surface area contributed by atoms with Gasteiger partial charge < -0.3 is 15.0 Å². The number of benzene rings is 2. The van der Waals surface area contributed by atoms with Crippen LogP contribution in [0.1, 0.15) is 35.6 Å². The standard InChI is InChI=1S/C21H24N2O2.ClH/c24-21-7-4-11-23(21)15-19(17-5-2-1-3-6-17)22-14-16-8-9-20-18(13-16)10-12-25-20;/h1-3,5-6,8-9,13,19,22H,4,7,10-12,14-15H2;1H. The summed E-state index contributed by atoms with van der Waals surface area (Å²) in [7, 11) is 0. The highest BCUT2D eigenvalue weighted by atomic mass is 35.5. The van der Waals surface area contributed by atoms with E-state index in [2.05, 4.69) is 47.8 Å². The molecule has 0 saturated carbocycles. The van der Waals surface area contributed by atoms with Gasteiger partial charge in [0.15, 0.2) is 0 Å². The molecule has 4 rings (SSSR count). The number of rotatable bonds is 6. The summed E-state index contributed by atoms with van der Waals surface area (Å²) in [5.74, 6) is 1.29. The molecule has 1 atom stereocenters. The van der Waals surface area contributed by atoms with E-state index in [4.69, 9.17) is 4.74 Å². The number of nitrogens with zero attached hydrogens (tertiary/aromatic N) is 1. The highest BCUT2D eigenvalue weighted by Crippen LogP contribution is 2.26. The van der Waals surface area contributed by atoms with Gasteiger partial charge >= 0.3 is 0 Å². The summed E-state index contributed by atoms with van der Waals surface area (Å²) in [5.41, 5.74) is 3.79. The van der Waals surface area contributed by atoms with E-state index in [1.807, 2.05) is 11.0 Å². The SMILES string of the molecule is Cl.O=C1CCCN1CC(NCc1ccc2c(c1)CCO2)c1ccccc1. The Bertz CT molecular complexity index is 751. The van der Waals surface area contributed by atoms with Crippen molar-refractivity contribution in [2.75, 3.05) is 19.7 Å². The maximum absolute atomic E-state index is 12.0. The minimum absolute atomic E-state index is 0. The van der Waals surface area contributed by atoms with Crippen molar-refractivity contribution in [1.82, 2.24) is 10.2 Å². The smallest absolute Gasteiger partial charge is 0.222 e. The van der Waals surface area contributed by atoms with E-state index in [9.17, 15) is 4.79 Å². The van der Waals surface area contributed by atoms with E-state index >= 15 is 0 Å². The third-order valence-corrected chi connectivity index (χ3v) is 5.08. The quantitative estimate of drug-likeness (QED) is 0.843. The van der Waals surface area contributed by atoms with Crippen LogP contribution in [0.15, 0.2) is 48.5 Å². The van der Waals surface area contributed by atoms with Crippen molar-refractivity contribution >= 4 is 18.3 Å². The summed E-state index contributed by atoms with van der Waals surface area (Å²) < 4.78 is 5.58. The Balaban J connectivity index is 0.00000196. The fourth-order valence-corrected chi connectivity index (χ4v) is 3.68. The van der Waals surface area contributed by atoms with Crippen LogP contribution in [-0.2, 0) is 17.8 Å². The zero-order valence-corrected chi connectivity index (χ0v) is 15.6. The first kappa shape index (κ1) is 18.7. The highest BCUT2D eigenvalue weighted by molar-refractivity contribution is 5.85. The molecule has 2 aliphatic rings. The van der Waals surface area contributed by atoms with Crippen LogP contribution in [0.5, 0.6) is 5.75 Å². The number of carbonyl (C=O) groups is 1. The zero-order chi connectivity index (χ0) is 17.1. The predicted octanol–water partition coefficient (Wildman–Crippen LogP) is 3.50. The molecule has 26 heavy (non-hydrogen) atoms. The first-order chi connectivity index (χ1) is 12.3. The van der Waals surface area contributed by atoms with Crippen LogP contribution in [-0.4, -0.2) is 30.5 Å². The lowest BCUT2D eigenvalue weighted by Gasteiger charge is -2.25. The molecule has 4 nitrogen and oxygen atoms in total. The van der Waals surface area contributed by atoms with Crippen molar-refractivity contribution in [1.29, 1.82) is 0 Å². The first-order valence-corrected chi connectivity index (χ1v) is 9.10. The summed E-state index contributed by atoms with van der Waals surface area (Å²) in [4.78, 5) is 14.0. The lowest BCUT2D eigenvalue weighted by molar-refractivity contribution is -0.128. The van der Waals surface area contributed by atoms with Gasteiger partial charge in [-0.1, -0.05) is 42.5 Å². The second kappa shape index (κ2) is 8.56. The van der Waals surface area contributed by atoms with Crippen molar-refractivity contribution < 1.29 is 9.53 Å². The Labute approximate surface area is 160 Å². The molecular formula is C21H25ClN2O2. The summed E-state index contributed by atoms with van der Waals surface area (Å²) in [5, 5.41) is 3.66. The number of halogens is 1. The molecule has 138 valence electrons. The fourth-order valence-electron chi connectivity index (χ4n) is 3.68. The molecule has 0 spiro atoms. The second-order valence-electron chi connectivity index (χ2n) is 6.83. The molecule has 0 aliphatic carbocycles. The molecular weight excluding hydrogens is 348 g/mol. The Kier molecular flexibility index (Phi) is 6.17. The number of ether oxygens (including phenoxy) is 1. The molecule has 0 radical (unpaired) electrons. The minimum Gasteiger partial charge on any atom is -0.493 e. The third-order valence-electron chi connectivity index (χ3n) is 5.08. The number of fused-ring (bicyclic) bond motifs is 1. The average molecular weight is 373 g/mol. The van der Waals surface area contributed by atoms with Gasteiger partial charge in [-0.15, -0.1) is 12.4 Å². The Morgan fingerprint density at radius 2 is 1.96 bits per heavy atom. The van der Waals surface area contributed by atoms with Gasteiger partial charge in [0, 0.05) is 32.5 Å². The van der Waals surface area contributed by atoms with E-state index in [-0.39, 0.29) is 24.4 Å². The van der Waals surface area contributed by atoms with E-state index in [0.29, 0.717) is 6.42 Å². The summed E-state index contributed by atoms with van der Waals surface area (Å²) >= 11 is 0. The van der Waals surface area contributed by atoms with Gasteiger partial charge in [0.25, 0.3) is 0 Å². The molecule has 1 unspecified atom stereocenters. The van der Waals surface area contributed by atoms with Gasteiger partial charge in [-0.2, -0.15) is 0 Å². The molecule has 1 amide bonds. The van der Waals surface area contributed by atoms with Crippen molar-refractivity contribution in [3.05, 3.63) is 65.2 Å². The van der Waals surface area contributed by atoms with Gasteiger partial charge in [-0.3, -0.25) is 4.79 Å². The molecule has 1 fully saturated rings. The number of carbonyl (C=O) groups excluding carboxylic acids is 1. The Hall–Kier alpha value is -2.04. The molecule has 0 bridgehead atoms. The lowest BCUT2D eigenvalue weighted by atomic mass is 10.0. The van der Waals surface area contributed by atoms with Crippen molar-refractivity contribution in [3.63, 3.8) is 0 Å². The number of nitrogens with one attached hydrogen (secondary N) is 1. The molecule has 2 aromatic carbocycles. The lowest BCUT2D eigenvalue weighted by Crippen LogP contribution is -2.35.